The zero-order valence-electron chi connectivity index (χ0n) is 9.31. The van der Waals surface area contributed by atoms with Crippen molar-refractivity contribution in [3.05, 3.63) is 35.9 Å². The van der Waals surface area contributed by atoms with Crippen LogP contribution in [0.15, 0.2) is 30.3 Å². The van der Waals surface area contributed by atoms with Crippen molar-refractivity contribution in [2.75, 3.05) is 6.54 Å². The number of Topliss-reactive ketones (excluding diaryl/α,β-unsaturated/α-hetero) is 1. The molecule has 1 aromatic rings. The van der Waals surface area contributed by atoms with E-state index >= 15 is 0 Å². The molecule has 1 aliphatic heterocycles. The van der Waals surface area contributed by atoms with E-state index in [0.717, 1.165) is 6.54 Å². The first-order valence-corrected chi connectivity index (χ1v) is 5.50. The van der Waals surface area contributed by atoms with Crippen LogP contribution in [-0.4, -0.2) is 23.3 Å². The summed E-state index contributed by atoms with van der Waals surface area (Å²) in [6.07, 6.45) is 0.674. The maximum absolute atomic E-state index is 10.9. The molecule has 1 fully saturated rings. The van der Waals surface area contributed by atoms with E-state index in [4.69, 9.17) is 0 Å². The van der Waals surface area contributed by atoms with Crippen molar-refractivity contribution < 1.29 is 4.79 Å². The minimum absolute atomic E-state index is 0.279. The molecule has 0 amide bonds. The molecule has 0 aromatic heterocycles. The largest absolute Gasteiger partial charge is 0.300 e. The van der Waals surface area contributed by atoms with Gasteiger partial charge >= 0.3 is 0 Å². The molecule has 1 saturated heterocycles. The zero-order chi connectivity index (χ0) is 10.8. The fourth-order valence-corrected chi connectivity index (χ4v) is 2.16. The first kappa shape index (κ1) is 10.4. The first-order valence-electron chi connectivity index (χ1n) is 5.50. The second-order valence-corrected chi connectivity index (χ2v) is 4.29. The van der Waals surface area contributed by atoms with Crippen molar-refractivity contribution in [2.45, 2.75) is 32.4 Å². The lowest BCUT2D eigenvalue weighted by molar-refractivity contribution is -0.117. The maximum Gasteiger partial charge on any atom is 0.131 e. The van der Waals surface area contributed by atoms with E-state index in [-0.39, 0.29) is 5.78 Å². The molecular weight excluding hydrogens is 186 g/mol. The predicted molar refractivity (Wildman–Crippen MR) is 60.6 cm³/mol. The van der Waals surface area contributed by atoms with Gasteiger partial charge in [-0.05, 0) is 19.4 Å². The lowest BCUT2D eigenvalue weighted by atomic mass is 10.1. The normalized spacial score (nSPS) is 28.8. The van der Waals surface area contributed by atoms with Gasteiger partial charge in [-0.15, -0.1) is 0 Å². The molecule has 1 aliphatic rings. The number of rotatable bonds is 4. The van der Waals surface area contributed by atoms with E-state index in [0.29, 0.717) is 18.5 Å². The van der Waals surface area contributed by atoms with Crippen LogP contribution in [-0.2, 0) is 4.79 Å². The molecule has 1 unspecified atom stereocenters. The van der Waals surface area contributed by atoms with Gasteiger partial charge in [0.2, 0.25) is 0 Å². The Kier molecular flexibility index (Phi) is 2.87. The summed E-state index contributed by atoms with van der Waals surface area (Å²) in [5, 5.41) is 0. The summed E-state index contributed by atoms with van der Waals surface area (Å²) >= 11 is 0. The van der Waals surface area contributed by atoms with Crippen LogP contribution in [0.5, 0.6) is 0 Å². The van der Waals surface area contributed by atoms with Gasteiger partial charge in [-0.2, -0.15) is 0 Å². The summed E-state index contributed by atoms with van der Waals surface area (Å²) in [5.74, 6) is 0.279. The van der Waals surface area contributed by atoms with Crippen LogP contribution in [0.3, 0.4) is 0 Å². The summed E-state index contributed by atoms with van der Waals surface area (Å²) in [5.41, 5.74) is 1.37. The van der Waals surface area contributed by atoms with Gasteiger partial charge in [-0.1, -0.05) is 30.3 Å². The predicted octanol–water partition coefficient (Wildman–Crippen LogP) is 2.41. The van der Waals surface area contributed by atoms with E-state index in [2.05, 4.69) is 36.1 Å². The van der Waals surface area contributed by atoms with Crippen molar-refractivity contribution in [3.63, 3.8) is 0 Å². The van der Waals surface area contributed by atoms with Crippen LogP contribution in [0.1, 0.15) is 31.9 Å². The Balaban J connectivity index is 1.94. The minimum atomic E-state index is 0.279. The lowest BCUT2D eigenvalue weighted by Crippen LogP contribution is -2.06. The third-order valence-corrected chi connectivity index (χ3v) is 3.11. The average molecular weight is 203 g/mol. The van der Waals surface area contributed by atoms with Gasteiger partial charge in [-0.25, -0.2) is 0 Å². The molecule has 0 N–H and O–H groups in total. The summed E-state index contributed by atoms with van der Waals surface area (Å²) < 4.78 is 0. The summed E-state index contributed by atoms with van der Waals surface area (Å²) in [6, 6.07) is 11.6. The van der Waals surface area contributed by atoms with Crippen LogP contribution < -0.4 is 0 Å². The van der Waals surface area contributed by atoms with Gasteiger partial charge in [0.05, 0.1) is 6.04 Å². The van der Waals surface area contributed by atoms with Crippen LogP contribution >= 0.6 is 0 Å². The van der Waals surface area contributed by atoms with Crippen LogP contribution in [0.25, 0.3) is 0 Å². The number of carbonyl (C=O) groups excluding carboxylic acids is 1. The molecule has 0 radical (unpaired) electrons. The van der Waals surface area contributed by atoms with E-state index in [1.54, 1.807) is 6.92 Å². The Morgan fingerprint density at radius 3 is 2.60 bits per heavy atom. The molecule has 3 atom stereocenters. The highest BCUT2D eigenvalue weighted by Crippen LogP contribution is 2.42. The van der Waals surface area contributed by atoms with E-state index in [9.17, 15) is 4.79 Å². The fourth-order valence-electron chi connectivity index (χ4n) is 2.16. The first-order chi connectivity index (χ1) is 7.20. The quantitative estimate of drug-likeness (QED) is 0.700. The van der Waals surface area contributed by atoms with Crippen molar-refractivity contribution in [3.8, 4) is 0 Å². The molecule has 2 heteroatoms. The molecule has 0 bridgehead atoms. The smallest absolute Gasteiger partial charge is 0.131 e. The standard InChI is InChI=1S/C13H17NO/c1-10(15)8-9-14-11(2)13(14)12-6-4-3-5-7-12/h3-7,11,13H,8-9H2,1-2H3/t11-,13+,14?/m0/s1. The van der Waals surface area contributed by atoms with Crippen molar-refractivity contribution in [1.29, 1.82) is 0 Å². The third-order valence-electron chi connectivity index (χ3n) is 3.11. The molecule has 1 heterocycles. The number of carbonyl (C=O) groups is 1. The highest BCUT2D eigenvalue weighted by Gasteiger charge is 2.43. The Bertz CT molecular complexity index is 347. The number of nitrogens with zero attached hydrogens (tertiary/aromatic N) is 1. The molecule has 15 heavy (non-hydrogen) atoms. The second kappa shape index (κ2) is 4.15. The topological polar surface area (TPSA) is 20.1 Å². The van der Waals surface area contributed by atoms with Crippen molar-refractivity contribution in [1.82, 2.24) is 4.90 Å². The van der Waals surface area contributed by atoms with Gasteiger partial charge in [0, 0.05) is 19.0 Å². The van der Waals surface area contributed by atoms with Crippen molar-refractivity contribution in [2.24, 2.45) is 0 Å². The van der Waals surface area contributed by atoms with Gasteiger partial charge in [0.15, 0.2) is 0 Å². The number of hydrogen-bond acceptors (Lipinski definition) is 2. The Morgan fingerprint density at radius 2 is 2.00 bits per heavy atom. The molecule has 0 saturated carbocycles. The van der Waals surface area contributed by atoms with E-state index in [1.807, 2.05) is 6.07 Å². The zero-order valence-corrected chi connectivity index (χ0v) is 9.31. The van der Waals surface area contributed by atoms with E-state index < -0.39 is 0 Å². The highest BCUT2D eigenvalue weighted by atomic mass is 16.1. The SMILES string of the molecule is CC(=O)CCN1[C@@H](C)[C@@H]1c1ccccc1. The lowest BCUT2D eigenvalue weighted by Gasteiger charge is -2.01. The van der Waals surface area contributed by atoms with Gasteiger partial charge in [0.25, 0.3) is 0 Å². The van der Waals surface area contributed by atoms with Crippen LogP contribution in [0.4, 0.5) is 0 Å². The second-order valence-electron chi connectivity index (χ2n) is 4.29. The number of ketones is 1. The molecule has 0 spiro atoms. The highest BCUT2D eigenvalue weighted by molar-refractivity contribution is 5.75. The maximum atomic E-state index is 10.9. The molecule has 0 aliphatic carbocycles. The van der Waals surface area contributed by atoms with Crippen LogP contribution in [0, 0.1) is 0 Å². The molecule has 1 aromatic carbocycles. The molecule has 80 valence electrons. The summed E-state index contributed by atoms with van der Waals surface area (Å²) in [4.78, 5) is 13.3. The van der Waals surface area contributed by atoms with Crippen LogP contribution in [0.2, 0.25) is 0 Å². The van der Waals surface area contributed by atoms with Gasteiger partial charge < -0.3 is 0 Å². The number of benzene rings is 1. The summed E-state index contributed by atoms with van der Waals surface area (Å²) in [7, 11) is 0. The molecular formula is C13H17NO. The molecule has 2 rings (SSSR count). The van der Waals surface area contributed by atoms with Gasteiger partial charge in [0.1, 0.15) is 5.78 Å². The van der Waals surface area contributed by atoms with E-state index in [1.165, 1.54) is 5.56 Å². The third kappa shape index (κ3) is 2.26. The molecule has 2 nitrogen and oxygen atoms in total. The monoisotopic (exact) mass is 203 g/mol. The Morgan fingerprint density at radius 1 is 1.33 bits per heavy atom. The van der Waals surface area contributed by atoms with Crippen molar-refractivity contribution >= 4 is 5.78 Å². The minimum Gasteiger partial charge on any atom is -0.300 e. The Labute approximate surface area is 90.9 Å². The Hall–Kier alpha value is -1.15. The average Bonchev–Trinajstić information content (AvgIpc) is 2.87. The van der Waals surface area contributed by atoms with Gasteiger partial charge in [-0.3, -0.25) is 9.69 Å². The fraction of sp³-hybridized carbons (Fsp3) is 0.462. The number of hydrogen-bond donors (Lipinski definition) is 0. The summed E-state index contributed by atoms with van der Waals surface area (Å²) in [6.45, 7) is 4.78.